The van der Waals surface area contributed by atoms with E-state index in [4.69, 9.17) is 5.11 Å². The average molecular weight is 232 g/mol. The molecule has 0 heterocycles. The summed E-state index contributed by atoms with van der Waals surface area (Å²) in [4.78, 5) is 10.7. The fourth-order valence-corrected chi connectivity index (χ4v) is 1.86. The van der Waals surface area contributed by atoms with Crippen molar-refractivity contribution in [3.8, 4) is 0 Å². The van der Waals surface area contributed by atoms with E-state index in [-0.39, 0.29) is 0 Å². The summed E-state index contributed by atoms with van der Waals surface area (Å²) >= 11 is 0. The minimum absolute atomic E-state index is 0.640. The standard InChI is InChI=1S/C15H20O2/c1-4-13(10-15(16)17)14-7-5-12(6-8-14)9-11(2)3/h5-8,10-11H,4,9H2,1-3H3,(H,16,17)/b13-10+. The van der Waals surface area contributed by atoms with Crippen LogP contribution in [0.1, 0.15) is 38.3 Å². The van der Waals surface area contributed by atoms with Gasteiger partial charge in [0.1, 0.15) is 0 Å². The number of benzene rings is 1. The highest BCUT2D eigenvalue weighted by atomic mass is 16.4. The fourth-order valence-electron chi connectivity index (χ4n) is 1.86. The first-order valence-electron chi connectivity index (χ1n) is 6.05. The summed E-state index contributed by atoms with van der Waals surface area (Å²) in [5, 5.41) is 8.77. The van der Waals surface area contributed by atoms with Gasteiger partial charge < -0.3 is 5.11 Å². The van der Waals surface area contributed by atoms with Crippen LogP contribution in [0.5, 0.6) is 0 Å². The second-order valence-corrected chi connectivity index (χ2v) is 4.66. The molecule has 0 aliphatic heterocycles. The van der Waals surface area contributed by atoms with Gasteiger partial charge in [0, 0.05) is 6.08 Å². The third kappa shape index (κ3) is 4.43. The first kappa shape index (κ1) is 13.5. The van der Waals surface area contributed by atoms with Gasteiger partial charge in [-0.2, -0.15) is 0 Å². The Hall–Kier alpha value is -1.57. The first-order chi connectivity index (χ1) is 8.02. The Bertz CT molecular complexity index is 399. The molecule has 0 bridgehead atoms. The summed E-state index contributed by atoms with van der Waals surface area (Å²) in [5.74, 6) is -0.242. The maximum Gasteiger partial charge on any atom is 0.328 e. The van der Waals surface area contributed by atoms with Gasteiger partial charge in [-0.05, 0) is 35.5 Å². The van der Waals surface area contributed by atoms with Crippen LogP contribution in [-0.4, -0.2) is 11.1 Å². The SMILES string of the molecule is CC/C(=C\C(=O)O)c1ccc(CC(C)C)cc1. The molecule has 2 nitrogen and oxygen atoms in total. The van der Waals surface area contributed by atoms with Crippen LogP contribution in [-0.2, 0) is 11.2 Å². The number of hydrogen-bond donors (Lipinski definition) is 1. The van der Waals surface area contributed by atoms with Gasteiger partial charge in [0.15, 0.2) is 0 Å². The van der Waals surface area contributed by atoms with Gasteiger partial charge in [0.2, 0.25) is 0 Å². The zero-order valence-corrected chi connectivity index (χ0v) is 10.7. The van der Waals surface area contributed by atoms with Crippen LogP contribution in [0.2, 0.25) is 0 Å². The van der Waals surface area contributed by atoms with Crippen LogP contribution in [0.15, 0.2) is 30.3 Å². The molecule has 1 aromatic rings. The Balaban J connectivity index is 2.89. The van der Waals surface area contributed by atoms with Crippen molar-refractivity contribution >= 4 is 11.5 Å². The second-order valence-electron chi connectivity index (χ2n) is 4.66. The molecule has 2 heteroatoms. The van der Waals surface area contributed by atoms with Crippen LogP contribution < -0.4 is 0 Å². The molecule has 0 atom stereocenters. The van der Waals surface area contributed by atoms with Gasteiger partial charge in [-0.15, -0.1) is 0 Å². The largest absolute Gasteiger partial charge is 0.478 e. The number of carboxylic acid groups (broad SMARTS) is 1. The van der Waals surface area contributed by atoms with Crippen molar-refractivity contribution in [1.82, 2.24) is 0 Å². The van der Waals surface area contributed by atoms with Crippen LogP contribution in [0.3, 0.4) is 0 Å². The van der Waals surface area contributed by atoms with Crippen molar-refractivity contribution in [2.45, 2.75) is 33.6 Å². The van der Waals surface area contributed by atoms with Gasteiger partial charge in [0.25, 0.3) is 0 Å². The molecule has 0 aliphatic carbocycles. The molecule has 0 fully saturated rings. The molecule has 0 spiro atoms. The average Bonchev–Trinajstić information content (AvgIpc) is 2.26. The smallest absolute Gasteiger partial charge is 0.328 e. The molecule has 1 rings (SSSR count). The zero-order chi connectivity index (χ0) is 12.8. The van der Waals surface area contributed by atoms with E-state index >= 15 is 0 Å². The molecule has 17 heavy (non-hydrogen) atoms. The van der Waals surface area contributed by atoms with E-state index in [2.05, 4.69) is 26.0 Å². The maximum atomic E-state index is 10.7. The van der Waals surface area contributed by atoms with Crippen molar-refractivity contribution in [2.75, 3.05) is 0 Å². The summed E-state index contributed by atoms with van der Waals surface area (Å²) in [6.45, 7) is 6.35. The lowest BCUT2D eigenvalue weighted by Crippen LogP contribution is -1.95. The number of aliphatic carboxylic acids is 1. The first-order valence-corrected chi connectivity index (χ1v) is 6.05. The Morgan fingerprint density at radius 1 is 1.29 bits per heavy atom. The van der Waals surface area contributed by atoms with Crippen molar-refractivity contribution in [1.29, 1.82) is 0 Å². The molecule has 0 aromatic heterocycles. The predicted octanol–water partition coefficient (Wildman–Crippen LogP) is 3.76. The van der Waals surface area contributed by atoms with E-state index in [1.54, 1.807) is 0 Å². The van der Waals surface area contributed by atoms with Gasteiger partial charge in [-0.25, -0.2) is 4.79 Å². The molecule has 1 aromatic carbocycles. The fraction of sp³-hybridized carbons (Fsp3) is 0.400. The highest BCUT2D eigenvalue weighted by molar-refractivity contribution is 5.89. The van der Waals surface area contributed by atoms with Crippen molar-refractivity contribution in [2.24, 2.45) is 5.92 Å². The Morgan fingerprint density at radius 3 is 2.29 bits per heavy atom. The quantitative estimate of drug-likeness (QED) is 0.785. The highest BCUT2D eigenvalue weighted by Crippen LogP contribution is 2.19. The van der Waals surface area contributed by atoms with Crippen LogP contribution >= 0.6 is 0 Å². The maximum absolute atomic E-state index is 10.7. The molecular formula is C15H20O2. The zero-order valence-electron chi connectivity index (χ0n) is 10.7. The number of allylic oxidation sites excluding steroid dienone is 1. The molecule has 0 unspecified atom stereocenters. The van der Waals surface area contributed by atoms with E-state index in [0.29, 0.717) is 5.92 Å². The predicted molar refractivity (Wildman–Crippen MR) is 70.9 cm³/mol. The molecule has 0 aliphatic rings. The van der Waals surface area contributed by atoms with Crippen molar-refractivity contribution in [3.63, 3.8) is 0 Å². The summed E-state index contributed by atoms with van der Waals surface area (Å²) in [5.41, 5.74) is 3.17. The number of hydrogen-bond acceptors (Lipinski definition) is 1. The normalized spacial score (nSPS) is 11.9. The number of carbonyl (C=O) groups is 1. The Morgan fingerprint density at radius 2 is 1.88 bits per heavy atom. The third-order valence-electron chi connectivity index (χ3n) is 2.65. The van der Waals surface area contributed by atoms with E-state index in [9.17, 15) is 4.79 Å². The van der Waals surface area contributed by atoms with Crippen LogP contribution in [0, 0.1) is 5.92 Å². The third-order valence-corrected chi connectivity index (χ3v) is 2.65. The number of carboxylic acids is 1. The van der Waals surface area contributed by atoms with Gasteiger partial charge in [-0.1, -0.05) is 45.0 Å². The van der Waals surface area contributed by atoms with Gasteiger partial charge in [0.05, 0.1) is 0 Å². The van der Waals surface area contributed by atoms with E-state index in [0.717, 1.165) is 24.0 Å². The lowest BCUT2D eigenvalue weighted by molar-refractivity contribution is -0.131. The molecule has 0 saturated carbocycles. The summed E-state index contributed by atoms with van der Waals surface area (Å²) in [6.07, 6.45) is 3.08. The Labute approximate surface area is 103 Å². The molecular weight excluding hydrogens is 212 g/mol. The van der Waals surface area contributed by atoms with Crippen molar-refractivity contribution in [3.05, 3.63) is 41.5 Å². The van der Waals surface area contributed by atoms with Crippen LogP contribution in [0.4, 0.5) is 0 Å². The molecule has 0 radical (unpaired) electrons. The molecule has 0 saturated heterocycles. The van der Waals surface area contributed by atoms with Gasteiger partial charge in [-0.3, -0.25) is 0 Å². The molecule has 1 N–H and O–H groups in total. The lowest BCUT2D eigenvalue weighted by atomic mass is 9.98. The number of rotatable bonds is 5. The van der Waals surface area contributed by atoms with Crippen molar-refractivity contribution < 1.29 is 9.90 Å². The minimum Gasteiger partial charge on any atom is -0.478 e. The van der Waals surface area contributed by atoms with E-state index in [1.807, 2.05) is 19.1 Å². The topological polar surface area (TPSA) is 37.3 Å². The second kappa shape index (κ2) is 6.24. The summed E-state index contributed by atoms with van der Waals surface area (Å²) in [7, 11) is 0. The van der Waals surface area contributed by atoms with Crippen LogP contribution in [0.25, 0.3) is 5.57 Å². The van der Waals surface area contributed by atoms with E-state index < -0.39 is 5.97 Å². The van der Waals surface area contributed by atoms with E-state index in [1.165, 1.54) is 11.6 Å². The van der Waals surface area contributed by atoms with Gasteiger partial charge >= 0.3 is 5.97 Å². The highest BCUT2D eigenvalue weighted by Gasteiger charge is 2.03. The monoisotopic (exact) mass is 232 g/mol. The minimum atomic E-state index is -0.881. The molecule has 0 amide bonds. The summed E-state index contributed by atoms with van der Waals surface area (Å²) < 4.78 is 0. The summed E-state index contributed by atoms with van der Waals surface area (Å²) in [6, 6.07) is 8.19. The lowest BCUT2D eigenvalue weighted by Gasteiger charge is -2.08. The Kier molecular flexibility index (Phi) is 4.95. The molecule has 92 valence electrons.